The molecule has 2 heterocycles. The Morgan fingerprint density at radius 1 is 1.35 bits per heavy atom. The predicted octanol–water partition coefficient (Wildman–Crippen LogP) is 1.38. The van der Waals surface area contributed by atoms with E-state index in [9.17, 15) is 13.2 Å². The lowest BCUT2D eigenvalue weighted by Gasteiger charge is -2.20. The molecule has 1 aliphatic rings. The Hall–Kier alpha value is -1.11. The number of aryl methyl sites for hydroxylation is 1. The first-order valence-corrected chi connectivity index (χ1v) is 5.64. The van der Waals surface area contributed by atoms with Gasteiger partial charge in [-0.15, -0.1) is 0 Å². The third-order valence-corrected chi connectivity index (χ3v) is 2.99. The van der Waals surface area contributed by atoms with Gasteiger partial charge in [0, 0.05) is 13.5 Å². The van der Waals surface area contributed by atoms with Crippen LogP contribution < -0.4 is 5.32 Å². The molecule has 1 aromatic rings. The minimum atomic E-state index is -4.42. The maximum Gasteiger partial charge on any atom is 0.451 e. The van der Waals surface area contributed by atoms with E-state index >= 15 is 0 Å². The van der Waals surface area contributed by atoms with Gasteiger partial charge in [0.1, 0.15) is 0 Å². The molecule has 1 aliphatic heterocycles. The summed E-state index contributed by atoms with van der Waals surface area (Å²) in [5.74, 6) is -0.229. The molecule has 0 amide bonds. The number of hydrogen-bond acceptors (Lipinski definition) is 3. The number of aromatic nitrogens is 3. The van der Waals surface area contributed by atoms with Crippen molar-refractivity contribution >= 4 is 0 Å². The van der Waals surface area contributed by atoms with Gasteiger partial charge in [0.2, 0.25) is 5.82 Å². The molecule has 0 saturated carbocycles. The number of hydrogen-bond donors (Lipinski definition) is 1. The molecule has 1 saturated heterocycles. The molecule has 17 heavy (non-hydrogen) atoms. The molecule has 1 fully saturated rings. The minimum Gasteiger partial charge on any atom is -0.317 e. The highest BCUT2D eigenvalue weighted by Crippen LogP contribution is 2.27. The molecule has 0 atom stereocenters. The zero-order chi connectivity index (χ0) is 12.5. The number of halogens is 3. The Morgan fingerprint density at radius 3 is 2.53 bits per heavy atom. The lowest BCUT2D eigenvalue weighted by atomic mass is 9.94. The fourth-order valence-corrected chi connectivity index (χ4v) is 2.11. The number of nitrogens with one attached hydrogen (secondary N) is 1. The van der Waals surface area contributed by atoms with Crippen LogP contribution in [0.2, 0.25) is 0 Å². The first kappa shape index (κ1) is 12.3. The van der Waals surface area contributed by atoms with Crippen molar-refractivity contribution in [1.29, 1.82) is 0 Å². The van der Waals surface area contributed by atoms with Crippen LogP contribution in [0.4, 0.5) is 13.2 Å². The van der Waals surface area contributed by atoms with Gasteiger partial charge in [-0.05, 0) is 31.8 Å². The lowest BCUT2D eigenvalue weighted by molar-refractivity contribution is -0.147. The summed E-state index contributed by atoms with van der Waals surface area (Å²) in [6.45, 7) is 1.84. The summed E-state index contributed by atoms with van der Waals surface area (Å²) in [4.78, 5) is 3.58. The average Bonchev–Trinajstić information content (AvgIpc) is 2.60. The van der Waals surface area contributed by atoms with Crippen LogP contribution in [-0.4, -0.2) is 27.9 Å². The van der Waals surface area contributed by atoms with Crippen molar-refractivity contribution in [3.63, 3.8) is 0 Å². The van der Waals surface area contributed by atoms with Crippen LogP contribution in [0, 0.1) is 5.92 Å². The Labute approximate surface area is 97.2 Å². The molecule has 4 nitrogen and oxygen atoms in total. The molecule has 7 heteroatoms. The van der Waals surface area contributed by atoms with Gasteiger partial charge < -0.3 is 5.32 Å². The second-order valence-electron chi connectivity index (χ2n) is 4.37. The van der Waals surface area contributed by atoms with Gasteiger partial charge in [0.05, 0.1) is 0 Å². The van der Waals surface area contributed by atoms with Crippen molar-refractivity contribution in [2.24, 2.45) is 13.0 Å². The van der Waals surface area contributed by atoms with Crippen LogP contribution >= 0.6 is 0 Å². The molecule has 1 aromatic heterocycles. The first-order valence-electron chi connectivity index (χ1n) is 5.64. The number of piperidine rings is 1. The van der Waals surface area contributed by atoms with E-state index in [0.29, 0.717) is 18.2 Å². The molecule has 0 unspecified atom stereocenters. The van der Waals surface area contributed by atoms with Crippen LogP contribution in [0.15, 0.2) is 0 Å². The van der Waals surface area contributed by atoms with Gasteiger partial charge in [-0.1, -0.05) is 0 Å². The molecule has 0 spiro atoms. The maximum absolute atomic E-state index is 12.5. The molecule has 0 aliphatic carbocycles. The van der Waals surface area contributed by atoms with Crippen molar-refractivity contribution in [1.82, 2.24) is 20.1 Å². The van der Waals surface area contributed by atoms with E-state index in [1.165, 1.54) is 7.05 Å². The van der Waals surface area contributed by atoms with Gasteiger partial charge in [-0.2, -0.15) is 18.3 Å². The second kappa shape index (κ2) is 4.64. The van der Waals surface area contributed by atoms with Gasteiger partial charge in [-0.25, -0.2) is 9.67 Å². The molecular weight excluding hydrogens is 233 g/mol. The zero-order valence-electron chi connectivity index (χ0n) is 9.59. The van der Waals surface area contributed by atoms with E-state index in [-0.39, 0.29) is 0 Å². The molecule has 96 valence electrons. The van der Waals surface area contributed by atoms with E-state index in [4.69, 9.17) is 0 Å². The molecule has 1 N–H and O–H groups in total. The van der Waals surface area contributed by atoms with Crippen molar-refractivity contribution in [2.75, 3.05) is 13.1 Å². The maximum atomic E-state index is 12.5. The highest BCUT2D eigenvalue weighted by atomic mass is 19.4. The van der Waals surface area contributed by atoms with Crippen molar-refractivity contribution in [3.8, 4) is 0 Å². The van der Waals surface area contributed by atoms with Crippen LogP contribution in [0.5, 0.6) is 0 Å². The largest absolute Gasteiger partial charge is 0.451 e. The lowest BCUT2D eigenvalue weighted by Crippen LogP contribution is -2.28. The van der Waals surface area contributed by atoms with Crippen molar-refractivity contribution in [2.45, 2.75) is 25.4 Å². The molecule has 0 bridgehead atoms. The van der Waals surface area contributed by atoms with Gasteiger partial charge in [0.25, 0.3) is 0 Å². The summed E-state index contributed by atoms with van der Waals surface area (Å²) in [7, 11) is 1.28. The Kier molecular flexibility index (Phi) is 3.37. The number of nitrogens with zero attached hydrogens (tertiary/aromatic N) is 3. The minimum absolute atomic E-state index is 0.298. The highest BCUT2D eigenvalue weighted by Gasteiger charge is 2.37. The molecule has 0 radical (unpaired) electrons. The van der Waals surface area contributed by atoms with E-state index in [1.54, 1.807) is 0 Å². The normalized spacial score (nSPS) is 18.6. The van der Waals surface area contributed by atoms with Gasteiger partial charge >= 0.3 is 6.18 Å². The van der Waals surface area contributed by atoms with Crippen LogP contribution in [0.25, 0.3) is 0 Å². The summed E-state index contributed by atoms with van der Waals surface area (Å²) >= 11 is 0. The van der Waals surface area contributed by atoms with E-state index in [0.717, 1.165) is 30.6 Å². The third kappa shape index (κ3) is 2.96. The van der Waals surface area contributed by atoms with Gasteiger partial charge in [0.15, 0.2) is 5.82 Å². The second-order valence-corrected chi connectivity index (χ2v) is 4.37. The molecule has 2 rings (SSSR count). The van der Waals surface area contributed by atoms with Crippen molar-refractivity contribution < 1.29 is 13.2 Å². The monoisotopic (exact) mass is 248 g/mol. The zero-order valence-corrected chi connectivity index (χ0v) is 9.59. The standard InChI is InChI=1S/C10H15F3N4/c1-17-9(10(11,12)13)15-8(16-17)6-7-2-4-14-5-3-7/h7,14H,2-6H2,1H3. The molecular formula is C10H15F3N4. The van der Waals surface area contributed by atoms with E-state index < -0.39 is 12.0 Å². The quantitative estimate of drug-likeness (QED) is 0.859. The fraction of sp³-hybridized carbons (Fsp3) is 0.800. The third-order valence-electron chi connectivity index (χ3n) is 2.99. The van der Waals surface area contributed by atoms with Crippen LogP contribution in [-0.2, 0) is 19.6 Å². The Morgan fingerprint density at radius 2 is 2.00 bits per heavy atom. The SMILES string of the molecule is Cn1nc(CC2CCNCC2)nc1C(F)(F)F. The predicted molar refractivity (Wildman–Crippen MR) is 55.3 cm³/mol. The Bertz CT molecular complexity index is 379. The summed E-state index contributed by atoms with van der Waals surface area (Å²) in [5, 5.41) is 7.05. The summed E-state index contributed by atoms with van der Waals surface area (Å²) in [6.07, 6.45) is -1.95. The first-order chi connectivity index (χ1) is 7.97. The number of rotatable bonds is 2. The van der Waals surface area contributed by atoms with E-state index in [2.05, 4.69) is 15.4 Å². The smallest absolute Gasteiger partial charge is 0.317 e. The fourth-order valence-electron chi connectivity index (χ4n) is 2.11. The summed E-state index contributed by atoms with van der Waals surface area (Å²) in [6, 6.07) is 0. The Balaban J connectivity index is 2.06. The topological polar surface area (TPSA) is 42.7 Å². The van der Waals surface area contributed by atoms with Crippen LogP contribution in [0.3, 0.4) is 0 Å². The average molecular weight is 248 g/mol. The molecule has 0 aromatic carbocycles. The van der Waals surface area contributed by atoms with Crippen molar-refractivity contribution in [3.05, 3.63) is 11.6 Å². The summed E-state index contributed by atoms with van der Waals surface area (Å²) < 4.78 is 38.3. The van der Waals surface area contributed by atoms with E-state index in [1.807, 2.05) is 0 Å². The van der Waals surface area contributed by atoms with Gasteiger partial charge in [-0.3, -0.25) is 0 Å². The number of alkyl halides is 3. The van der Waals surface area contributed by atoms with Crippen LogP contribution in [0.1, 0.15) is 24.5 Å². The summed E-state index contributed by atoms with van der Waals surface area (Å²) in [5.41, 5.74) is 0. The highest BCUT2D eigenvalue weighted by molar-refractivity contribution is 4.98.